The molecule has 2 heterocycles. The van der Waals surface area contributed by atoms with Crippen LogP contribution in [0.15, 0.2) is 60.8 Å². The van der Waals surface area contributed by atoms with E-state index in [1.165, 1.54) is 22.2 Å². The predicted octanol–water partition coefficient (Wildman–Crippen LogP) is 4.88. The molecule has 3 heteroatoms. The van der Waals surface area contributed by atoms with Crippen LogP contribution < -0.4 is 5.32 Å². The maximum Gasteiger partial charge on any atom is 0.0844 e. The molecule has 0 spiro atoms. The molecule has 24 heavy (non-hydrogen) atoms. The van der Waals surface area contributed by atoms with Gasteiger partial charge in [0.25, 0.3) is 0 Å². The molecule has 3 nitrogen and oxygen atoms in total. The van der Waals surface area contributed by atoms with Crippen LogP contribution in [0.3, 0.4) is 0 Å². The highest BCUT2D eigenvalue weighted by molar-refractivity contribution is 5.91. The van der Waals surface area contributed by atoms with Gasteiger partial charge in [-0.15, -0.1) is 0 Å². The van der Waals surface area contributed by atoms with Crippen molar-refractivity contribution in [3.8, 4) is 0 Å². The molecule has 2 atom stereocenters. The van der Waals surface area contributed by atoms with Gasteiger partial charge in [-0.1, -0.05) is 42.0 Å². The molecule has 1 N–H and O–H groups in total. The van der Waals surface area contributed by atoms with Gasteiger partial charge in [-0.25, -0.2) is 0 Å². The Kier molecular flexibility index (Phi) is 4.18. The molecule has 1 aliphatic heterocycles. The van der Waals surface area contributed by atoms with Gasteiger partial charge in [-0.2, -0.15) is 0 Å². The van der Waals surface area contributed by atoms with E-state index in [0.717, 1.165) is 25.0 Å². The van der Waals surface area contributed by atoms with Crippen LogP contribution in [-0.2, 0) is 4.74 Å². The Bertz CT molecular complexity index is 832. The highest BCUT2D eigenvalue weighted by Crippen LogP contribution is 2.31. The van der Waals surface area contributed by atoms with Crippen molar-refractivity contribution in [3.63, 3.8) is 0 Å². The molecular formula is C21H22N2O. The molecule has 0 saturated carbocycles. The fourth-order valence-corrected chi connectivity index (χ4v) is 3.43. The first kappa shape index (κ1) is 15.2. The number of fused-ring (bicyclic) bond motifs is 1. The van der Waals surface area contributed by atoms with E-state index < -0.39 is 0 Å². The van der Waals surface area contributed by atoms with E-state index >= 15 is 0 Å². The number of rotatable bonds is 3. The van der Waals surface area contributed by atoms with Crippen molar-refractivity contribution in [2.24, 2.45) is 0 Å². The molecule has 0 aliphatic carbocycles. The first-order chi connectivity index (χ1) is 11.8. The quantitative estimate of drug-likeness (QED) is 0.747. The van der Waals surface area contributed by atoms with E-state index in [1.54, 1.807) is 0 Å². The van der Waals surface area contributed by atoms with E-state index in [4.69, 9.17) is 4.74 Å². The summed E-state index contributed by atoms with van der Waals surface area (Å²) in [7, 11) is 0. The van der Waals surface area contributed by atoms with E-state index in [1.807, 2.05) is 12.3 Å². The number of ether oxygens (including phenoxy) is 1. The number of hydrogen-bond donors (Lipinski definition) is 1. The lowest BCUT2D eigenvalue weighted by molar-refractivity contribution is 0.00981. The number of nitrogens with zero attached hydrogens (tertiary/aromatic N) is 1. The summed E-state index contributed by atoms with van der Waals surface area (Å²) in [5, 5.41) is 4.93. The molecule has 4 rings (SSSR count). The SMILES string of the molecule is Cc1ccc2nccc(NC3CCOC(c4ccccc4)C3)c2c1. The summed E-state index contributed by atoms with van der Waals surface area (Å²) in [5.74, 6) is 0. The Balaban J connectivity index is 1.56. The third-order valence-corrected chi connectivity index (χ3v) is 4.71. The molecule has 1 aliphatic rings. The van der Waals surface area contributed by atoms with Gasteiger partial charge in [0.1, 0.15) is 0 Å². The zero-order valence-corrected chi connectivity index (χ0v) is 13.9. The second kappa shape index (κ2) is 6.62. The maximum atomic E-state index is 5.99. The van der Waals surface area contributed by atoms with Gasteiger partial charge in [0.05, 0.1) is 11.6 Å². The fraction of sp³-hybridized carbons (Fsp3) is 0.286. The van der Waals surface area contributed by atoms with Crippen LogP contribution in [0.25, 0.3) is 10.9 Å². The molecule has 122 valence electrons. The van der Waals surface area contributed by atoms with Crippen LogP contribution in [-0.4, -0.2) is 17.6 Å². The van der Waals surface area contributed by atoms with Crippen LogP contribution in [0.2, 0.25) is 0 Å². The van der Waals surface area contributed by atoms with Crippen LogP contribution in [0.1, 0.15) is 30.1 Å². The molecule has 0 amide bonds. The van der Waals surface area contributed by atoms with Crippen molar-refractivity contribution < 1.29 is 4.74 Å². The normalized spacial score (nSPS) is 20.9. The number of nitrogens with one attached hydrogen (secondary N) is 1. The maximum absolute atomic E-state index is 5.99. The van der Waals surface area contributed by atoms with Gasteiger partial charge < -0.3 is 10.1 Å². The number of aryl methyl sites for hydroxylation is 1. The van der Waals surface area contributed by atoms with Crippen molar-refractivity contribution in [1.29, 1.82) is 0 Å². The minimum Gasteiger partial charge on any atom is -0.382 e. The number of aromatic nitrogens is 1. The van der Waals surface area contributed by atoms with Crippen LogP contribution in [0.4, 0.5) is 5.69 Å². The summed E-state index contributed by atoms with van der Waals surface area (Å²) in [4.78, 5) is 4.47. The highest BCUT2D eigenvalue weighted by atomic mass is 16.5. The van der Waals surface area contributed by atoms with Gasteiger partial charge in [-0.3, -0.25) is 4.98 Å². The molecule has 0 radical (unpaired) electrons. The van der Waals surface area contributed by atoms with E-state index in [0.29, 0.717) is 6.04 Å². The minimum atomic E-state index is 0.173. The lowest BCUT2D eigenvalue weighted by Gasteiger charge is -2.31. The molecule has 1 saturated heterocycles. The van der Waals surface area contributed by atoms with Gasteiger partial charge in [0.15, 0.2) is 0 Å². The van der Waals surface area contributed by atoms with Crippen LogP contribution in [0.5, 0.6) is 0 Å². The molecule has 2 aromatic carbocycles. The Labute approximate surface area is 142 Å². The number of pyridine rings is 1. The Morgan fingerprint density at radius 3 is 2.83 bits per heavy atom. The molecule has 1 fully saturated rings. The monoisotopic (exact) mass is 318 g/mol. The summed E-state index contributed by atoms with van der Waals surface area (Å²) in [6.45, 7) is 2.91. The summed E-state index contributed by atoms with van der Waals surface area (Å²) in [6, 6.07) is 19.4. The van der Waals surface area contributed by atoms with Gasteiger partial charge >= 0.3 is 0 Å². The standard InChI is InChI=1S/C21H22N2O/c1-15-7-8-19-18(13-15)20(9-11-22-19)23-17-10-12-24-21(14-17)16-5-3-2-4-6-16/h2-9,11,13,17,21H,10,12,14H2,1H3,(H,22,23). The fourth-order valence-electron chi connectivity index (χ4n) is 3.43. The minimum absolute atomic E-state index is 0.173. The first-order valence-corrected chi connectivity index (χ1v) is 8.58. The van der Waals surface area contributed by atoms with E-state index in [-0.39, 0.29) is 6.10 Å². The molecule has 0 bridgehead atoms. The zero-order chi connectivity index (χ0) is 16.4. The Morgan fingerprint density at radius 2 is 1.96 bits per heavy atom. The summed E-state index contributed by atoms with van der Waals surface area (Å²) < 4.78 is 5.99. The molecule has 3 aromatic rings. The Morgan fingerprint density at radius 1 is 1.08 bits per heavy atom. The van der Waals surface area contributed by atoms with Gasteiger partial charge in [0.2, 0.25) is 0 Å². The summed E-state index contributed by atoms with van der Waals surface area (Å²) in [5.41, 5.74) is 4.73. The second-order valence-corrected chi connectivity index (χ2v) is 6.51. The van der Waals surface area contributed by atoms with Crippen molar-refractivity contribution in [2.45, 2.75) is 31.9 Å². The lowest BCUT2D eigenvalue weighted by atomic mass is 9.97. The number of anilines is 1. The molecule has 2 unspecified atom stereocenters. The third-order valence-electron chi connectivity index (χ3n) is 4.71. The van der Waals surface area contributed by atoms with Crippen LogP contribution >= 0.6 is 0 Å². The molecule has 1 aromatic heterocycles. The Hall–Kier alpha value is -2.39. The van der Waals surface area contributed by atoms with E-state index in [2.05, 4.69) is 65.8 Å². The molecular weight excluding hydrogens is 296 g/mol. The average Bonchev–Trinajstić information content (AvgIpc) is 2.63. The zero-order valence-electron chi connectivity index (χ0n) is 13.9. The summed E-state index contributed by atoms with van der Waals surface area (Å²) in [6.07, 6.45) is 4.07. The second-order valence-electron chi connectivity index (χ2n) is 6.51. The van der Waals surface area contributed by atoms with Crippen molar-refractivity contribution in [3.05, 3.63) is 71.9 Å². The van der Waals surface area contributed by atoms with Crippen molar-refractivity contribution in [1.82, 2.24) is 4.98 Å². The highest BCUT2D eigenvalue weighted by Gasteiger charge is 2.24. The third kappa shape index (κ3) is 3.13. The smallest absolute Gasteiger partial charge is 0.0844 e. The number of hydrogen-bond acceptors (Lipinski definition) is 3. The van der Waals surface area contributed by atoms with Gasteiger partial charge in [0, 0.05) is 29.9 Å². The average molecular weight is 318 g/mol. The predicted molar refractivity (Wildman–Crippen MR) is 98.3 cm³/mol. The largest absolute Gasteiger partial charge is 0.382 e. The number of benzene rings is 2. The first-order valence-electron chi connectivity index (χ1n) is 8.58. The van der Waals surface area contributed by atoms with E-state index in [9.17, 15) is 0 Å². The summed E-state index contributed by atoms with van der Waals surface area (Å²) >= 11 is 0. The van der Waals surface area contributed by atoms with Crippen LogP contribution in [0, 0.1) is 6.92 Å². The van der Waals surface area contributed by atoms with Crippen molar-refractivity contribution >= 4 is 16.6 Å². The van der Waals surface area contributed by atoms with Gasteiger partial charge in [-0.05, 0) is 43.5 Å². The van der Waals surface area contributed by atoms with Crippen molar-refractivity contribution in [2.75, 3.05) is 11.9 Å². The lowest BCUT2D eigenvalue weighted by Crippen LogP contribution is -2.30. The topological polar surface area (TPSA) is 34.2 Å².